The summed E-state index contributed by atoms with van der Waals surface area (Å²) in [7, 11) is 1.52. The van der Waals surface area contributed by atoms with Crippen molar-refractivity contribution >= 4 is 15.9 Å². The molecule has 0 spiro atoms. The van der Waals surface area contributed by atoms with Gasteiger partial charge < -0.3 is 9.15 Å². The molecule has 3 rings (SSSR count). The Labute approximate surface area is 135 Å². The van der Waals surface area contributed by atoms with Crippen LogP contribution in [-0.4, -0.2) is 19.8 Å². The van der Waals surface area contributed by atoms with E-state index in [0.717, 1.165) is 14.9 Å². The molecule has 7 nitrogen and oxygen atoms in total. The number of furan rings is 1. The maximum atomic E-state index is 12.0. The summed E-state index contributed by atoms with van der Waals surface area (Å²) < 4.78 is 21.4. The molecule has 114 valence electrons. The third kappa shape index (κ3) is 2.57. The second kappa shape index (κ2) is 5.80. The molecule has 8 heteroatoms. The van der Waals surface area contributed by atoms with Gasteiger partial charge in [-0.1, -0.05) is 18.2 Å². The van der Waals surface area contributed by atoms with Gasteiger partial charge in [0.2, 0.25) is 0 Å². The van der Waals surface area contributed by atoms with Gasteiger partial charge in [-0.3, -0.25) is 0 Å². The van der Waals surface area contributed by atoms with Crippen molar-refractivity contribution in [3.05, 3.63) is 56.8 Å². The van der Waals surface area contributed by atoms with Crippen molar-refractivity contribution < 1.29 is 10.5 Å². The molecule has 22 heavy (non-hydrogen) atoms. The van der Waals surface area contributed by atoms with Crippen molar-refractivity contribution in [3.63, 3.8) is 0 Å². The van der Waals surface area contributed by atoms with E-state index in [-0.39, 0.29) is 12.3 Å². The van der Waals surface area contributed by atoms with Crippen LogP contribution in [0.1, 0.15) is 12.5 Å². The summed E-state index contributed by atoms with van der Waals surface area (Å²) in [5, 5.41) is 7.48. The Balaban J connectivity index is 1.90. The summed E-state index contributed by atoms with van der Waals surface area (Å²) in [5.74, 6) is 0.659. The highest BCUT2D eigenvalue weighted by Gasteiger charge is 2.18. The number of hydrogen-bond donors (Lipinski definition) is 0. The quantitative estimate of drug-likeness (QED) is 0.707. The zero-order valence-electron chi connectivity index (χ0n) is 12.9. The summed E-state index contributed by atoms with van der Waals surface area (Å²) in [6.07, 6.45) is 1.42. The van der Waals surface area contributed by atoms with Crippen LogP contribution in [0.2, 0.25) is 0 Å². The average molecular weight is 367 g/mol. The zero-order chi connectivity index (χ0) is 16.6. The van der Waals surface area contributed by atoms with E-state index in [0.29, 0.717) is 27.7 Å². The van der Waals surface area contributed by atoms with Gasteiger partial charge in [-0.25, -0.2) is 4.79 Å². The SMILES string of the molecule is [3H]c1ccc(OCc2c(-n3nnn(C)c3=O)coc2Br)c(C)c1. The number of aromatic nitrogens is 4. The number of aryl methyl sites for hydroxylation is 2. The fourth-order valence-corrected chi connectivity index (χ4v) is 2.35. The van der Waals surface area contributed by atoms with Gasteiger partial charge in [-0.05, 0) is 44.9 Å². The van der Waals surface area contributed by atoms with Crippen LogP contribution in [0.4, 0.5) is 0 Å². The zero-order valence-corrected chi connectivity index (χ0v) is 13.5. The topological polar surface area (TPSA) is 75.1 Å². The van der Waals surface area contributed by atoms with Crippen molar-refractivity contribution in [2.45, 2.75) is 13.5 Å². The van der Waals surface area contributed by atoms with Crippen molar-refractivity contribution in [1.82, 2.24) is 19.8 Å². The molecular weight excluding hydrogens is 352 g/mol. The Morgan fingerprint density at radius 2 is 2.27 bits per heavy atom. The highest BCUT2D eigenvalue weighted by Crippen LogP contribution is 2.27. The van der Waals surface area contributed by atoms with Gasteiger partial charge in [-0.15, -0.1) is 0 Å². The summed E-state index contributed by atoms with van der Waals surface area (Å²) in [6.45, 7) is 2.04. The summed E-state index contributed by atoms with van der Waals surface area (Å²) in [5.41, 5.74) is 1.58. The van der Waals surface area contributed by atoms with E-state index < -0.39 is 0 Å². The predicted octanol–water partition coefficient (Wildman–Crippen LogP) is 2.21. The third-order valence-corrected chi connectivity index (χ3v) is 3.83. The van der Waals surface area contributed by atoms with Crippen LogP contribution in [0.3, 0.4) is 0 Å². The van der Waals surface area contributed by atoms with E-state index in [1.54, 1.807) is 18.2 Å². The molecule has 0 atom stereocenters. The number of benzene rings is 1. The molecule has 0 bridgehead atoms. The van der Waals surface area contributed by atoms with Crippen molar-refractivity contribution in [3.8, 4) is 11.4 Å². The lowest BCUT2D eigenvalue weighted by Gasteiger charge is -2.09. The van der Waals surface area contributed by atoms with Crippen molar-refractivity contribution in [1.29, 1.82) is 0 Å². The van der Waals surface area contributed by atoms with E-state index in [4.69, 9.17) is 10.5 Å². The molecule has 0 fully saturated rings. The van der Waals surface area contributed by atoms with Crippen LogP contribution < -0.4 is 10.4 Å². The van der Waals surface area contributed by atoms with Crippen LogP contribution in [0.25, 0.3) is 5.69 Å². The molecule has 0 aliphatic heterocycles. The van der Waals surface area contributed by atoms with Gasteiger partial charge in [0, 0.05) is 7.05 Å². The molecule has 0 unspecified atom stereocenters. The molecular formula is C14H13BrN4O3. The summed E-state index contributed by atoms with van der Waals surface area (Å²) in [6, 6.07) is 5.53. The number of hydrogen-bond acceptors (Lipinski definition) is 5. The Kier molecular flexibility index (Phi) is 3.51. The predicted molar refractivity (Wildman–Crippen MR) is 82.1 cm³/mol. The molecule has 0 amide bonds. The van der Waals surface area contributed by atoms with Crippen LogP contribution in [0, 0.1) is 6.92 Å². The number of halogens is 1. The first-order valence-corrected chi connectivity index (χ1v) is 7.22. The van der Waals surface area contributed by atoms with Crippen LogP contribution in [0.5, 0.6) is 5.75 Å². The lowest BCUT2D eigenvalue weighted by atomic mass is 10.2. The minimum absolute atomic E-state index is 0.174. The van der Waals surface area contributed by atoms with Gasteiger partial charge >= 0.3 is 5.69 Å². The van der Waals surface area contributed by atoms with E-state index in [1.165, 1.54) is 13.3 Å². The second-order valence-electron chi connectivity index (χ2n) is 4.65. The Bertz CT molecular complexity index is 915. The molecule has 3 aromatic rings. The van der Waals surface area contributed by atoms with Crippen LogP contribution in [-0.2, 0) is 13.7 Å². The summed E-state index contributed by atoms with van der Waals surface area (Å²) in [4.78, 5) is 12.0. The van der Waals surface area contributed by atoms with Gasteiger partial charge in [0.1, 0.15) is 24.3 Å². The van der Waals surface area contributed by atoms with Crippen LogP contribution in [0.15, 0.2) is 44.4 Å². The largest absolute Gasteiger partial charge is 0.488 e. The fraction of sp³-hybridized carbons (Fsp3) is 0.214. The Hall–Kier alpha value is -2.35. The molecule has 0 radical (unpaired) electrons. The first-order chi connectivity index (χ1) is 11.0. The van der Waals surface area contributed by atoms with E-state index >= 15 is 0 Å². The highest BCUT2D eigenvalue weighted by molar-refractivity contribution is 9.10. The van der Waals surface area contributed by atoms with E-state index in [9.17, 15) is 4.79 Å². The Morgan fingerprint density at radius 1 is 1.45 bits per heavy atom. The molecule has 1 aromatic carbocycles. The smallest absolute Gasteiger partial charge is 0.368 e. The number of tetrazole rings is 1. The van der Waals surface area contributed by atoms with E-state index in [1.807, 2.05) is 6.92 Å². The van der Waals surface area contributed by atoms with Gasteiger partial charge in [0.25, 0.3) is 0 Å². The standard InChI is InChI=1S/C14H13BrN4O3/c1-9-5-3-4-6-12(9)21-7-10-11(8-22-13(10)15)19-14(20)18(2)16-17-19/h3-6,8H,7H2,1-2H3/i3T. The van der Waals surface area contributed by atoms with Gasteiger partial charge in [0.15, 0.2) is 4.67 Å². The first-order valence-electron chi connectivity index (χ1n) is 6.92. The molecule has 0 saturated carbocycles. The normalized spacial score (nSPS) is 11.5. The minimum Gasteiger partial charge on any atom is -0.488 e. The van der Waals surface area contributed by atoms with Gasteiger partial charge in [-0.2, -0.15) is 9.36 Å². The maximum absolute atomic E-state index is 12.0. The molecule has 0 N–H and O–H groups in total. The lowest BCUT2D eigenvalue weighted by molar-refractivity contribution is 0.300. The number of ether oxygens (including phenoxy) is 1. The number of nitrogens with zero attached hydrogens (tertiary/aromatic N) is 4. The summed E-state index contributed by atoms with van der Waals surface area (Å²) >= 11 is 3.30. The third-order valence-electron chi connectivity index (χ3n) is 3.16. The number of para-hydroxylation sites is 1. The van der Waals surface area contributed by atoms with Crippen molar-refractivity contribution in [2.75, 3.05) is 0 Å². The van der Waals surface area contributed by atoms with Crippen LogP contribution >= 0.6 is 15.9 Å². The molecule has 2 aromatic heterocycles. The van der Waals surface area contributed by atoms with Gasteiger partial charge in [0.05, 0.1) is 6.93 Å². The maximum Gasteiger partial charge on any atom is 0.368 e. The molecule has 0 aliphatic carbocycles. The molecule has 2 heterocycles. The minimum atomic E-state index is -0.380. The monoisotopic (exact) mass is 366 g/mol. The Morgan fingerprint density at radius 3 is 2.95 bits per heavy atom. The average Bonchev–Trinajstić information content (AvgIpc) is 3.02. The lowest BCUT2D eigenvalue weighted by Crippen LogP contribution is -2.22. The highest BCUT2D eigenvalue weighted by atomic mass is 79.9. The molecule has 0 saturated heterocycles. The fourth-order valence-electron chi connectivity index (χ4n) is 1.94. The second-order valence-corrected chi connectivity index (χ2v) is 5.37. The number of rotatable bonds is 4. The molecule has 0 aliphatic rings. The van der Waals surface area contributed by atoms with E-state index in [2.05, 4.69) is 26.4 Å². The first kappa shape index (κ1) is 13.3. The van der Waals surface area contributed by atoms with Crippen molar-refractivity contribution in [2.24, 2.45) is 7.05 Å².